The second-order valence-corrected chi connectivity index (χ2v) is 4.77. The number of aliphatic hydroxyl groups excluding tert-OH is 1. The van der Waals surface area contributed by atoms with E-state index in [-0.39, 0.29) is 18.0 Å². The highest BCUT2D eigenvalue weighted by molar-refractivity contribution is 5.94. The van der Waals surface area contributed by atoms with Crippen molar-refractivity contribution >= 4 is 5.91 Å². The summed E-state index contributed by atoms with van der Waals surface area (Å²) in [6, 6.07) is 10.1. The molecular weight excluding hydrogens is 276 g/mol. The van der Waals surface area contributed by atoms with Crippen molar-refractivity contribution in [1.82, 2.24) is 5.32 Å². The first-order valence-corrected chi connectivity index (χ1v) is 6.45. The molecule has 21 heavy (non-hydrogen) atoms. The summed E-state index contributed by atoms with van der Waals surface area (Å²) in [6.45, 7) is 1.78. The molecule has 110 valence electrons. The van der Waals surface area contributed by atoms with Crippen molar-refractivity contribution in [3.63, 3.8) is 0 Å². The monoisotopic (exact) mass is 291 g/mol. The molecule has 0 spiro atoms. The Morgan fingerprint density at radius 1 is 1.19 bits per heavy atom. The smallest absolute Gasteiger partial charge is 0.251 e. The quantitative estimate of drug-likeness (QED) is 0.910. The molecule has 0 radical (unpaired) electrons. The Kier molecular flexibility index (Phi) is 4.65. The fourth-order valence-electron chi connectivity index (χ4n) is 1.92. The number of halogens is 2. The van der Waals surface area contributed by atoms with Gasteiger partial charge in [-0.25, -0.2) is 8.78 Å². The summed E-state index contributed by atoms with van der Waals surface area (Å²) in [7, 11) is 0. The third-order valence-corrected chi connectivity index (χ3v) is 3.06. The van der Waals surface area contributed by atoms with Crippen molar-refractivity contribution in [1.29, 1.82) is 0 Å². The maximum absolute atomic E-state index is 13.1. The van der Waals surface area contributed by atoms with Gasteiger partial charge in [0.1, 0.15) is 0 Å². The minimum Gasteiger partial charge on any atom is -0.387 e. The van der Waals surface area contributed by atoms with E-state index in [2.05, 4.69) is 5.32 Å². The lowest BCUT2D eigenvalue weighted by Crippen LogP contribution is -2.28. The van der Waals surface area contributed by atoms with Crippen molar-refractivity contribution in [2.75, 3.05) is 6.54 Å². The van der Waals surface area contributed by atoms with Crippen molar-refractivity contribution in [2.24, 2.45) is 0 Å². The third-order valence-electron chi connectivity index (χ3n) is 3.06. The van der Waals surface area contributed by atoms with Gasteiger partial charge in [-0.15, -0.1) is 0 Å². The molecule has 0 aliphatic carbocycles. The highest BCUT2D eigenvalue weighted by Gasteiger charge is 2.13. The molecule has 5 heteroatoms. The molecule has 2 aromatic carbocycles. The molecule has 0 aromatic heterocycles. The van der Waals surface area contributed by atoms with Gasteiger partial charge >= 0.3 is 0 Å². The van der Waals surface area contributed by atoms with E-state index in [1.165, 1.54) is 6.07 Å². The predicted molar refractivity (Wildman–Crippen MR) is 74.8 cm³/mol. The average molecular weight is 291 g/mol. The van der Waals surface area contributed by atoms with Crippen molar-refractivity contribution in [3.8, 4) is 0 Å². The summed E-state index contributed by atoms with van der Waals surface area (Å²) in [5, 5.41) is 12.4. The molecule has 0 heterocycles. The number of nitrogens with one attached hydrogen (secondary N) is 1. The Balaban J connectivity index is 1.99. The standard InChI is InChI=1S/C16H15F2NO2/c1-10-3-2-4-12(7-10)16(21)19-9-15(20)11-5-6-13(17)14(18)8-11/h2-8,15,20H,9H2,1H3,(H,19,21). The summed E-state index contributed by atoms with van der Waals surface area (Å²) in [4.78, 5) is 11.9. The fraction of sp³-hybridized carbons (Fsp3) is 0.188. The number of hydrogen-bond acceptors (Lipinski definition) is 2. The minimum atomic E-state index is -1.10. The normalized spacial score (nSPS) is 12.0. The molecule has 2 N–H and O–H groups in total. The number of carbonyl (C=O) groups is 1. The van der Waals surface area contributed by atoms with Crippen LogP contribution in [-0.4, -0.2) is 17.6 Å². The molecule has 3 nitrogen and oxygen atoms in total. The lowest BCUT2D eigenvalue weighted by Gasteiger charge is -2.12. The second-order valence-electron chi connectivity index (χ2n) is 4.77. The van der Waals surface area contributed by atoms with Crippen molar-refractivity contribution < 1.29 is 18.7 Å². The Morgan fingerprint density at radius 3 is 2.62 bits per heavy atom. The van der Waals surface area contributed by atoms with Crippen molar-refractivity contribution in [3.05, 3.63) is 70.8 Å². The molecule has 0 fully saturated rings. The zero-order chi connectivity index (χ0) is 15.4. The molecule has 2 rings (SSSR count). The largest absolute Gasteiger partial charge is 0.387 e. The number of rotatable bonds is 4. The van der Waals surface area contributed by atoms with Crippen LogP contribution in [-0.2, 0) is 0 Å². The topological polar surface area (TPSA) is 49.3 Å². The average Bonchev–Trinajstić information content (AvgIpc) is 2.47. The summed E-state index contributed by atoms with van der Waals surface area (Å²) in [5.74, 6) is -2.34. The van der Waals surface area contributed by atoms with E-state index < -0.39 is 17.7 Å². The van der Waals surface area contributed by atoms with Crippen LogP contribution in [0, 0.1) is 18.6 Å². The molecule has 2 aromatic rings. The van der Waals surface area contributed by atoms with Crippen LogP contribution in [0.15, 0.2) is 42.5 Å². The molecular formula is C16H15F2NO2. The van der Waals surface area contributed by atoms with Gasteiger partial charge in [0, 0.05) is 12.1 Å². The number of hydrogen-bond donors (Lipinski definition) is 2. The summed E-state index contributed by atoms with van der Waals surface area (Å²) in [6.07, 6.45) is -1.10. The Hall–Kier alpha value is -2.27. The number of aliphatic hydroxyl groups is 1. The lowest BCUT2D eigenvalue weighted by atomic mass is 10.1. The third kappa shape index (κ3) is 3.86. The van der Waals surface area contributed by atoms with Crippen LogP contribution in [0.5, 0.6) is 0 Å². The molecule has 0 aliphatic rings. The SMILES string of the molecule is Cc1cccc(C(=O)NCC(O)c2ccc(F)c(F)c2)c1. The number of carbonyl (C=O) groups excluding carboxylic acids is 1. The molecule has 0 saturated heterocycles. The van der Waals surface area contributed by atoms with Crippen LogP contribution < -0.4 is 5.32 Å². The van der Waals surface area contributed by atoms with Gasteiger partial charge in [0.15, 0.2) is 11.6 Å². The minimum absolute atomic E-state index is 0.0855. The number of amides is 1. The van der Waals surface area contributed by atoms with E-state index in [1.54, 1.807) is 18.2 Å². The summed E-state index contributed by atoms with van der Waals surface area (Å²) >= 11 is 0. The number of benzene rings is 2. The maximum atomic E-state index is 13.1. The van der Waals surface area contributed by atoms with Gasteiger partial charge in [0.25, 0.3) is 5.91 Å². The number of aryl methyl sites for hydroxylation is 1. The first-order valence-electron chi connectivity index (χ1n) is 6.45. The Bertz CT molecular complexity index is 658. The van der Waals surface area contributed by atoms with Gasteiger partial charge in [-0.3, -0.25) is 4.79 Å². The van der Waals surface area contributed by atoms with Gasteiger partial charge in [-0.2, -0.15) is 0 Å². The fourth-order valence-corrected chi connectivity index (χ4v) is 1.92. The lowest BCUT2D eigenvalue weighted by molar-refractivity contribution is 0.0916. The van der Waals surface area contributed by atoms with Gasteiger partial charge in [0.05, 0.1) is 6.10 Å². The zero-order valence-corrected chi connectivity index (χ0v) is 11.4. The van der Waals surface area contributed by atoms with Crippen LogP contribution >= 0.6 is 0 Å². The van der Waals surface area contributed by atoms with Crippen LogP contribution in [0.25, 0.3) is 0 Å². The molecule has 1 amide bonds. The first kappa shape index (κ1) is 15.1. The van der Waals surface area contributed by atoms with E-state index in [4.69, 9.17) is 0 Å². The molecule has 0 saturated carbocycles. The molecule has 1 atom stereocenters. The first-order chi connectivity index (χ1) is 9.97. The summed E-state index contributed by atoms with van der Waals surface area (Å²) in [5.41, 5.74) is 1.63. The predicted octanol–water partition coefficient (Wildman–Crippen LogP) is 2.74. The zero-order valence-electron chi connectivity index (χ0n) is 11.4. The van der Waals surface area contributed by atoms with Crippen LogP contribution in [0.3, 0.4) is 0 Å². The van der Waals surface area contributed by atoms with Crippen molar-refractivity contribution in [2.45, 2.75) is 13.0 Å². The van der Waals surface area contributed by atoms with Gasteiger partial charge in [-0.1, -0.05) is 23.8 Å². The molecule has 1 unspecified atom stereocenters. The van der Waals surface area contributed by atoms with Gasteiger partial charge < -0.3 is 10.4 Å². The molecule has 0 aliphatic heterocycles. The van der Waals surface area contributed by atoms with E-state index in [0.29, 0.717) is 5.56 Å². The Labute approximate surface area is 121 Å². The van der Waals surface area contributed by atoms with Crippen LogP contribution in [0.2, 0.25) is 0 Å². The maximum Gasteiger partial charge on any atom is 0.251 e. The van der Waals surface area contributed by atoms with Crippen LogP contribution in [0.4, 0.5) is 8.78 Å². The second kappa shape index (κ2) is 6.45. The van der Waals surface area contributed by atoms with Gasteiger partial charge in [-0.05, 0) is 36.8 Å². The molecule has 0 bridgehead atoms. The van der Waals surface area contributed by atoms with Crippen LogP contribution in [0.1, 0.15) is 27.6 Å². The highest BCUT2D eigenvalue weighted by atomic mass is 19.2. The van der Waals surface area contributed by atoms with Gasteiger partial charge in [0.2, 0.25) is 0 Å². The van der Waals surface area contributed by atoms with E-state index in [9.17, 15) is 18.7 Å². The highest BCUT2D eigenvalue weighted by Crippen LogP contribution is 2.15. The van der Waals surface area contributed by atoms with E-state index in [1.807, 2.05) is 13.0 Å². The van der Waals surface area contributed by atoms with E-state index >= 15 is 0 Å². The summed E-state index contributed by atoms with van der Waals surface area (Å²) < 4.78 is 25.9. The Morgan fingerprint density at radius 2 is 1.95 bits per heavy atom. The van der Waals surface area contributed by atoms with E-state index in [0.717, 1.165) is 17.7 Å².